The molecule has 0 spiro atoms. The molecule has 10 heteroatoms. The zero-order valence-electron chi connectivity index (χ0n) is 11.5. The second-order valence-electron chi connectivity index (χ2n) is 5.66. The maximum atomic E-state index is 10.1. The van der Waals surface area contributed by atoms with Gasteiger partial charge in [-0.25, -0.2) is 0 Å². The smallest absolute Gasteiger partial charge is 0.187 e. The zero-order valence-corrected chi connectivity index (χ0v) is 11.5. The molecule has 0 aromatic rings. The Morgan fingerprint density at radius 1 is 0.864 bits per heavy atom. The van der Waals surface area contributed by atoms with Crippen LogP contribution in [0.2, 0.25) is 0 Å². The van der Waals surface area contributed by atoms with Crippen molar-refractivity contribution < 1.29 is 49.6 Å². The summed E-state index contributed by atoms with van der Waals surface area (Å²) in [5.74, 6) is 0. The SMILES string of the molecule is OC[C@H]1O[C@H](O[C@@H]2[C@@H](O)[C@@H]3OC[C@@H](O3)[C@H]2O)[C@H](O)[C@@H](O)[C@@H]1O. The van der Waals surface area contributed by atoms with Crippen LogP contribution in [0.3, 0.4) is 0 Å². The highest BCUT2D eigenvalue weighted by atomic mass is 16.8. The third-order valence-corrected chi connectivity index (χ3v) is 4.21. The van der Waals surface area contributed by atoms with Gasteiger partial charge in [-0.15, -0.1) is 0 Å². The van der Waals surface area contributed by atoms with Gasteiger partial charge in [0.25, 0.3) is 0 Å². The first-order chi connectivity index (χ1) is 10.4. The Morgan fingerprint density at radius 2 is 1.59 bits per heavy atom. The van der Waals surface area contributed by atoms with Gasteiger partial charge in [0.1, 0.15) is 48.8 Å². The molecule has 10 atom stereocenters. The molecule has 3 aliphatic heterocycles. The van der Waals surface area contributed by atoms with Crippen LogP contribution < -0.4 is 0 Å². The van der Waals surface area contributed by atoms with Crippen molar-refractivity contribution >= 4 is 0 Å². The van der Waals surface area contributed by atoms with Crippen LogP contribution in [0.5, 0.6) is 0 Å². The van der Waals surface area contributed by atoms with E-state index < -0.39 is 68.0 Å². The molecule has 0 unspecified atom stereocenters. The van der Waals surface area contributed by atoms with Crippen molar-refractivity contribution in [3.05, 3.63) is 0 Å². The van der Waals surface area contributed by atoms with Crippen LogP contribution in [0.15, 0.2) is 0 Å². The van der Waals surface area contributed by atoms with Crippen LogP contribution in [-0.4, -0.2) is 105 Å². The van der Waals surface area contributed by atoms with Crippen molar-refractivity contribution in [1.29, 1.82) is 0 Å². The highest BCUT2D eigenvalue weighted by Gasteiger charge is 2.53. The first-order valence-electron chi connectivity index (χ1n) is 7.03. The van der Waals surface area contributed by atoms with E-state index in [1.165, 1.54) is 0 Å². The predicted molar refractivity (Wildman–Crippen MR) is 65.3 cm³/mol. The molecule has 22 heavy (non-hydrogen) atoms. The summed E-state index contributed by atoms with van der Waals surface area (Å²) in [4.78, 5) is 0. The lowest BCUT2D eigenvalue weighted by Gasteiger charge is -2.43. The average molecular weight is 324 g/mol. The van der Waals surface area contributed by atoms with Crippen molar-refractivity contribution in [1.82, 2.24) is 0 Å². The summed E-state index contributed by atoms with van der Waals surface area (Å²) >= 11 is 0. The number of hydrogen-bond acceptors (Lipinski definition) is 10. The van der Waals surface area contributed by atoms with E-state index in [-0.39, 0.29) is 6.61 Å². The molecule has 3 fully saturated rings. The summed E-state index contributed by atoms with van der Waals surface area (Å²) in [6.07, 6.45) is -12.6. The van der Waals surface area contributed by atoms with Crippen molar-refractivity contribution in [3.8, 4) is 0 Å². The van der Waals surface area contributed by atoms with E-state index in [9.17, 15) is 25.5 Å². The number of hydrogen-bond donors (Lipinski definition) is 6. The molecule has 3 heterocycles. The highest BCUT2D eigenvalue weighted by Crippen LogP contribution is 2.32. The van der Waals surface area contributed by atoms with Crippen LogP contribution in [0.25, 0.3) is 0 Å². The topological polar surface area (TPSA) is 158 Å². The minimum Gasteiger partial charge on any atom is -0.394 e. The standard InChI is InChI=1S/C12H20O10/c13-1-3-5(14)7(16)8(17)12(20-3)22-10-6(15)4-2-19-11(21-4)9(10)18/h3-18H,1-2H2/t3-,4-,5-,6-,7+,8-,9-,10+,11-,12-/m1/s1. The van der Waals surface area contributed by atoms with Crippen molar-refractivity contribution in [2.24, 2.45) is 0 Å². The first-order valence-corrected chi connectivity index (χ1v) is 7.03. The van der Waals surface area contributed by atoms with Crippen molar-refractivity contribution in [3.63, 3.8) is 0 Å². The minimum atomic E-state index is -1.61. The molecule has 0 saturated carbocycles. The van der Waals surface area contributed by atoms with E-state index in [0.717, 1.165) is 0 Å². The molecule has 128 valence electrons. The average Bonchev–Trinajstić information content (AvgIpc) is 2.96. The minimum absolute atomic E-state index is 0.0947. The van der Waals surface area contributed by atoms with Crippen LogP contribution in [0.4, 0.5) is 0 Å². The first kappa shape index (κ1) is 16.5. The maximum Gasteiger partial charge on any atom is 0.187 e. The lowest BCUT2D eigenvalue weighted by molar-refractivity contribution is -0.341. The fraction of sp³-hybridized carbons (Fsp3) is 1.00. The molecule has 0 amide bonds. The van der Waals surface area contributed by atoms with Crippen LogP contribution in [-0.2, 0) is 18.9 Å². The van der Waals surface area contributed by atoms with E-state index in [0.29, 0.717) is 0 Å². The number of aliphatic hydroxyl groups excluding tert-OH is 6. The molecular formula is C12H20O10. The van der Waals surface area contributed by atoms with E-state index in [4.69, 9.17) is 24.1 Å². The monoisotopic (exact) mass is 324 g/mol. The Labute approximate surface area is 125 Å². The second-order valence-corrected chi connectivity index (χ2v) is 5.66. The summed E-state index contributed by atoms with van der Waals surface area (Å²) in [6.45, 7) is -0.504. The number of rotatable bonds is 3. The van der Waals surface area contributed by atoms with Gasteiger partial charge in [0.2, 0.25) is 0 Å². The Bertz CT molecular complexity index is 376. The molecular weight excluding hydrogens is 304 g/mol. The number of aliphatic hydroxyl groups is 6. The highest BCUT2D eigenvalue weighted by molar-refractivity contribution is 4.96. The lowest BCUT2D eigenvalue weighted by Crippen LogP contribution is -2.63. The van der Waals surface area contributed by atoms with E-state index in [2.05, 4.69) is 0 Å². The Balaban J connectivity index is 1.71. The molecule has 10 nitrogen and oxygen atoms in total. The summed E-state index contributed by atoms with van der Waals surface area (Å²) in [5, 5.41) is 58.6. The van der Waals surface area contributed by atoms with Crippen LogP contribution in [0.1, 0.15) is 0 Å². The molecule has 2 bridgehead atoms. The van der Waals surface area contributed by atoms with Gasteiger partial charge in [0.15, 0.2) is 12.6 Å². The zero-order chi connectivity index (χ0) is 16.0. The molecule has 0 aromatic carbocycles. The summed E-state index contributed by atoms with van der Waals surface area (Å²) in [5.41, 5.74) is 0. The quantitative estimate of drug-likeness (QED) is 0.299. The van der Waals surface area contributed by atoms with Gasteiger partial charge in [-0.05, 0) is 0 Å². The van der Waals surface area contributed by atoms with Gasteiger partial charge in [0.05, 0.1) is 13.2 Å². The molecule has 3 aliphatic rings. The third-order valence-electron chi connectivity index (χ3n) is 4.21. The molecule has 3 saturated heterocycles. The fourth-order valence-electron chi connectivity index (χ4n) is 2.86. The molecule has 6 N–H and O–H groups in total. The summed E-state index contributed by atoms with van der Waals surface area (Å²) < 4.78 is 20.9. The van der Waals surface area contributed by atoms with Crippen LogP contribution >= 0.6 is 0 Å². The van der Waals surface area contributed by atoms with Gasteiger partial charge in [-0.2, -0.15) is 0 Å². The fourth-order valence-corrected chi connectivity index (χ4v) is 2.86. The van der Waals surface area contributed by atoms with E-state index >= 15 is 0 Å². The van der Waals surface area contributed by atoms with Crippen molar-refractivity contribution in [2.45, 2.75) is 61.4 Å². The van der Waals surface area contributed by atoms with Gasteiger partial charge >= 0.3 is 0 Å². The van der Waals surface area contributed by atoms with Gasteiger partial charge in [-0.1, -0.05) is 0 Å². The maximum absolute atomic E-state index is 10.1. The summed E-state index contributed by atoms with van der Waals surface area (Å²) in [6, 6.07) is 0. The Kier molecular flexibility index (Phi) is 4.67. The molecule has 0 aliphatic carbocycles. The summed E-state index contributed by atoms with van der Waals surface area (Å²) in [7, 11) is 0. The predicted octanol–water partition coefficient (Wildman–Crippen LogP) is -4.35. The molecule has 0 aromatic heterocycles. The second kappa shape index (κ2) is 6.24. The molecule has 3 rings (SSSR count). The van der Waals surface area contributed by atoms with Gasteiger partial charge in [0, 0.05) is 0 Å². The molecule has 0 radical (unpaired) electrons. The largest absolute Gasteiger partial charge is 0.394 e. The normalized spacial score (nSPS) is 55.4. The van der Waals surface area contributed by atoms with Crippen LogP contribution in [0, 0.1) is 0 Å². The number of fused-ring (bicyclic) bond motifs is 2. The Hall–Kier alpha value is -0.400. The van der Waals surface area contributed by atoms with E-state index in [1.54, 1.807) is 0 Å². The van der Waals surface area contributed by atoms with Crippen molar-refractivity contribution in [2.75, 3.05) is 13.2 Å². The van der Waals surface area contributed by atoms with Gasteiger partial charge in [-0.3, -0.25) is 0 Å². The lowest BCUT2D eigenvalue weighted by atomic mass is 9.98. The Morgan fingerprint density at radius 3 is 2.27 bits per heavy atom. The van der Waals surface area contributed by atoms with Gasteiger partial charge < -0.3 is 49.6 Å². The van der Waals surface area contributed by atoms with E-state index in [1.807, 2.05) is 0 Å². The third kappa shape index (κ3) is 2.65. The number of ether oxygens (including phenoxy) is 4.